The Kier molecular flexibility index (Phi) is 5.49. The Bertz CT molecular complexity index is 516. The second-order valence-corrected chi connectivity index (χ2v) is 6.06. The zero-order valence-electron chi connectivity index (χ0n) is 13.0. The summed E-state index contributed by atoms with van der Waals surface area (Å²) in [7, 11) is -1.29. The molecule has 0 aliphatic carbocycles. The molecule has 3 nitrogen and oxygen atoms in total. The fraction of sp³-hybridized carbons (Fsp3) is 0.467. The summed E-state index contributed by atoms with van der Waals surface area (Å²) in [5.41, 5.74) is -2.41. The van der Waals surface area contributed by atoms with Crippen LogP contribution >= 0.6 is 0 Å². The van der Waals surface area contributed by atoms with E-state index >= 15 is 0 Å². The van der Waals surface area contributed by atoms with Crippen LogP contribution in [0, 0.1) is 0 Å². The van der Waals surface area contributed by atoms with E-state index in [4.69, 9.17) is 4.65 Å². The fourth-order valence-electron chi connectivity index (χ4n) is 1.46. The zero-order chi connectivity index (χ0) is 17.2. The van der Waals surface area contributed by atoms with Gasteiger partial charge >= 0.3 is 13.3 Å². The Morgan fingerprint density at radius 3 is 1.95 bits per heavy atom. The molecule has 0 atom stereocenters. The average molecular weight is 316 g/mol. The highest BCUT2D eigenvalue weighted by Gasteiger charge is 2.38. The average Bonchev–Trinajstić information content (AvgIpc) is 2.34. The van der Waals surface area contributed by atoms with Gasteiger partial charge in [-0.15, -0.1) is 0 Å². The van der Waals surface area contributed by atoms with Crippen molar-refractivity contribution in [2.75, 3.05) is 0 Å². The minimum atomic E-state index is -4.37. The SMILES string of the molecule is CC(C)(O)C(C)(C)OB(O)/C=C/c1ccc(C(F)(F)F)cc1. The molecule has 1 aromatic rings. The van der Waals surface area contributed by atoms with Crippen molar-refractivity contribution in [2.45, 2.75) is 45.1 Å². The Balaban J connectivity index is 2.73. The molecule has 0 unspecified atom stereocenters. The number of aliphatic hydroxyl groups is 1. The monoisotopic (exact) mass is 316 g/mol. The van der Waals surface area contributed by atoms with Gasteiger partial charge < -0.3 is 14.8 Å². The molecule has 0 heterocycles. The summed E-state index contributed by atoms with van der Waals surface area (Å²) < 4.78 is 42.6. The Labute approximate surface area is 128 Å². The number of rotatable bonds is 5. The van der Waals surface area contributed by atoms with Gasteiger partial charge in [-0.1, -0.05) is 24.2 Å². The van der Waals surface area contributed by atoms with Crippen LogP contribution in [0.5, 0.6) is 0 Å². The van der Waals surface area contributed by atoms with E-state index in [2.05, 4.69) is 0 Å². The van der Waals surface area contributed by atoms with Crippen molar-refractivity contribution < 1.29 is 28.0 Å². The van der Waals surface area contributed by atoms with Crippen LogP contribution in [-0.2, 0) is 10.8 Å². The molecule has 0 bridgehead atoms. The molecule has 0 amide bonds. The molecule has 22 heavy (non-hydrogen) atoms. The largest absolute Gasteiger partial charge is 0.483 e. The summed E-state index contributed by atoms with van der Waals surface area (Å²) in [4.78, 5) is 0. The normalized spacial score (nSPS) is 13.7. The van der Waals surface area contributed by atoms with E-state index in [-0.39, 0.29) is 0 Å². The van der Waals surface area contributed by atoms with Crippen LogP contribution in [0.2, 0.25) is 0 Å². The second kappa shape index (κ2) is 6.44. The maximum absolute atomic E-state index is 12.4. The molecule has 0 saturated carbocycles. The van der Waals surface area contributed by atoms with E-state index in [1.165, 1.54) is 24.2 Å². The molecule has 2 N–H and O–H groups in total. The van der Waals surface area contributed by atoms with E-state index < -0.39 is 30.1 Å². The first-order valence-corrected chi connectivity index (χ1v) is 6.77. The van der Waals surface area contributed by atoms with Crippen molar-refractivity contribution in [1.82, 2.24) is 0 Å². The molecule has 122 valence electrons. The topological polar surface area (TPSA) is 49.7 Å². The highest BCUT2D eigenvalue weighted by molar-refractivity contribution is 6.50. The number of hydrogen-bond acceptors (Lipinski definition) is 3. The molecular formula is C15H20BF3O3. The standard InChI is InChI=1S/C15H20BF3O3/c1-13(2,20)14(3,4)22-16(21)10-9-11-5-7-12(8-6-11)15(17,18)19/h5-10,20-21H,1-4H3/b10-9+. The van der Waals surface area contributed by atoms with Gasteiger partial charge in [-0.25, -0.2) is 0 Å². The first-order valence-electron chi connectivity index (χ1n) is 6.77. The van der Waals surface area contributed by atoms with Gasteiger partial charge in [-0.2, -0.15) is 13.2 Å². The van der Waals surface area contributed by atoms with Crippen LogP contribution in [0.1, 0.15) is 38.8 Å². The molecule has 7 heteroatoms. The van der Waals surface area contributed by atoms with E-state index in [1.54, 1.807) is 27.7 Å². The number of benzene rings is 1. The molecule has 1 rings (SSSR count). The molecule has 0 fully saturated rings. The van der Waals surface area contributed by atoms with E-state index in [0.717, 1.165) is 12.1 Å². The third kappa shape index (κ3) is 5.16. The predicted molar refractivity (Wildman–Crippen MR) is 79.9 cm³/mol. The van der Waals surface area contributed by atoms with Crippen molar-refractivity contribution in [2.24, 2.45) is 0 Å². The van der Waals surface area contributed by atoms with Crippen molar-refractivity contribution >= 4 is 13.2 Å². The minimum Gasteiger partial charge on any atom is -0.423 e. The third-order valence-corrected chi connectivity index (χ3v) is 3.58. The lowest BCUT2D eigenvalue weighted by Gasteiger charge is -2.38. The summed E-state index contributed by atoms with van der Waals surface area (Å²) in [6.07, 6.45) is -2.92. The van der Waals surface area contributed by atoms with Gasteiger partial charge in [0.2, 0.25) is 0 Å². The quantitative estimate of drug-likeness (QED) is 0.820. The van der Waals surface area contributed by atoms with Gasteiger partial charge in [-0.05, 0) is 45.4 Å². The molecule has 0 radical (unpaired) electrons. The fourth-order valence-corrected chi connectivity index (χ4v) is 1.46. The van der Waals surface area contributed by atoms with Gasteiger partial charge in [0.25, 0.3) is 0 Å². The Morgan fingerprint density at radius 1 is 1.05 bits per heavy atom. The maximum atomic E-state index is 12.4. The van der Waals surface area contributed by atoms with Gasteiger partial charge in [0.05, 0.1) is 16.8 Å². The highest BCUT2D eigenvalue weighted by Crippen LogP contribution is 2.29. The number of halogens is 3. The van der Waals surface area contributed by atoms with E-state index in [1.807, 2.05) is 0 Å². The summed E-state index contributed by atoms with van der Waals surface area (Å²) in [6.45, 7) is 6.36. The van der Waals surface area contributed by atoms with Crippen molar-refractivity contribution in [1.29, 1.82) is 0 Å². The zero-order valence-corrected chi connectivity index (χ0v) is 13.0. The summed E-state index contributed by atoms with van der Waals surface area (Å²) in [5, 5.41) is 19.7. The first kappa shape index (κ1) is 18.7. The summed E-state index contributed by atoms with van der Waals surface area (Å²) in [5.74, 6) is 1.30. The lowest BCUT2D eigenvalue weighted by Crippen LogP contribution is -2.50. The van der Waals surface area contributed by atoms with Gasteiger partial charge in [0, 0.05) is 0 Å². The van der Waals surface area contributed by atoms with Crippen LogP contribution in [-0.4, -0.2) is 28.5 Å². The van der Waals surface area contributed by atoms with Crippen LogP contribution in [0.4, 0.5) is 13.2 Å². The van der Waals surface area contributed by atoms with E-state index in [0.29, 0.717) is 5.56 Å². The molecule has 0 aliphatic heterocycles. The van der Waals surface area contributed by atoms with Crippen molar-refractivity contribution in [3.05, 3.63) is 41.4 Å². The molecule has 0 spiro atoms. The highest BCUT2D eigenvalue weighted by atomic mass is 19.4. The predicted octanol–water partition coefficient (Wildman–Crippen LogP) is 3.30. The molecule has 0 aromatic heterocycles. The second-order valence-electron chi connectivity index (χ2n) is 6.06. The third-order valence-electron chi connectivity index (χ3n) is 3.58. The van der Waals surface area contributed by atoms with Crippen molar-refractivity contribution in [3.63, 3.8) is 0 Å². The molecule has 1 aromatic carbocycles. The van der Waals surface area contributed by atoms with Crippen LogP contribution in [0.3, 0.4) is 0 Å². The summed E-state index contributed by atoms with van der Waals surface area (Å²) >= 11 is 0. The minimum absolute atomic E-state index is 0.497. The number of hydrogen-bond donors (Lipinski definition) is 2. The van der Waals surface area contributed by atoms with E-state index in [9.17, 15) is 23.3 Å². The Morgan fingerprint density at radius 2 is 1.55 bits per heavy atom. The van der Waals surface area contributed by atoms with Gasteiger partial charge in [0.15, 0.2) is 0 Å². The smallest absolute Gasteiger partial charge is 0.423 e. The van der Waals surface area contributed by atoms with Gasteiger partial charge in [0.1, 0.15) is 0 Å². The molecule has 0 saturated heterocycles. The lowest BCUT2D eigenvalue weighted by molar-refractivity contribution is -0.137. The maximum Gasteiger partial charge on any atom is 0.483 e. The summed E-state index contributed by atoms with van der Waals surface area (Å²) in [6, 6.07) is 4.53. The first-order chi connectivity index (χ1) is 9.83. The number of alkyl halides is 3. The van der Waals surface area contributed by atoms with Gasteiger partial charge in [-0.3, -0.25) is 0 Å². The van der Waals surface area contributed by atoms with Crippen LogP contribution in [0.15, 0.2) is 30.2 Å². The molecular weight excluding hydrogens is 296 g/mol. The Hall–Kier alpha value is -1.31. The lowest BCUT2D eigenvalue weighted by atomic mass is 9.82. The van der Waals surface area contributed by atoms with Crippen LogP contribution < -0.4 is 0 Å². The molecule has 0 aliphatic rings. The van der Waals surface area contributed by atoms with Crippen molar-refractivity contribution in [3.8, 4) is 0 Å². The van der Waals surface area contributed by atoms with Crippen LogP contribution in [0.25, 0.3) is 6.08 Å².